The maximum atomic E-state index is 13.6. The zero-order valence-corrected chi connectivity index (χ0v) is 19.5. The highest BCUT2D eigenvalue weighted by atomic mass is 19.1. The number of ether oxygens (including phenoxy) is 1. The predicted octanol–water partition coefficient (Wildman–Crippen LogP) is 4.44. The maximum absolute atomic E-state index is 13.6. The van der Waals surface area contributed by atoms with Crippen molar-refractivity contribution in [3.05, 3.63) is 59.4 Å². The fraction of sp³-hybridized carbons (Fsp3) is 0.462. The molecule has 7 heteroatoms. The molecular weight excluding hydrogens is 421 g/mol. The summed E-state index contributed by atoms with van der Waals surface area (Å²) in [4.78, 5) is 25.8. The number of carbonyl (C=O) groups excluding carboxylic acids is 2. The number of hydrogen-bond acceptors (Lipinski definition) is 4. The Balaban J connectivity index is 1.56. The van der Waals surface area contributed by atoms with Crippen molar-refractivity contribution in [3.8, 4) is 5.75 Å². The lowest BCUT2D eigenvalue weighted by Crippen LogP contribution is -2.48. The third kappa shape index (κ3) is 7.48. The summed E-state index contributed by atoms with van der Waals surface area (Å²) in [6.45, 7) is 2.60. The van der Waals surface area contributed by atoms with Crippen molar-refractivity contribution in [2.24, 2.45) is 5.92 Å². The van der Waals surface area contributed by atoms with Gasteiger partial charge in [0.2, 0.25) is 5.91 Å². The van der Waals surface area contributed by atoms with Crippen LogP contribution in [0.2, 0.25) is 0 Å². The van der Waals surface area contributed by atoms with Crippen LogP contribution in [0.3, 0.4) is 0 Å². The topological polar surface area (TPSA) is 79.5 Å². The van der Waals surface area contributed by atoms with Gasteiger partial charge in [0.05, 0.1) is 7.11 Å². The van der Waals surface area contributed by atoms with Gasteiger partial charge in [-0.15, -0.1) is 0 Å². The highest BCUT2D eigenvalue weighted by Crippen LogP contribution is 2.27. The van der Waals surface area contributed by atoms with Crippen LogP contribution in [0.4, 0.5) is 10.1 Å². The molecule has 0 bridgehead atoms. The number of rotatable bonds is 10. The van der Waals surface area contributed by atoms with E-state index in [1.807, 2.05) is 24.3 Å². The molecule has 0 heterocycles. The van der Waals surface area contributed by atoms with E-state index in [0.29, 0.717) is 36.6 Å². The van der Waals surface area contributed by atoms with Gasteiger partial charge in [0, 0.05) is 24.3 Å². The summed E-state index contributed by atoms with van der Waals surface area (Å²) in [5, 5.41) is 9.09. The lowest BCUT2D eigenvalue weighted by molar-refractivity contribution is -0.123. The minimum Gasteiger partial charge on any atom is -0.497 e. The van der Waals surface area contributed by atoms with E-state index >= 15 is 0 Å². The Morgan fingerprint density at radius 3 is 2.45 bits per heavy atom. The summed E-state index contributed by atoms with van der Waals surface area (Å²) < 4.78 is 18.7. The van der Waals surface area contributed by atoms with E-state index in [-0.39, 0.29) is 17.6 Å². The zero-order chi connectivity index (χ0) is 23.6. The molecule has 6 nitrogen and oxygen atoms in total. The molecule has 3 rings (SSSR count). The summed E-state index contributed by atoms with van der Waals surface area (Å²) in [7, 11) is 1.62. The summed E-state index contributed by atoms with van der Waals surface area (Å²) in [5.41, 5.74) is 1.70. The van der Waals surface area contributed by atoms with Gasteiger partial charge < -0.3 is 20.7 Å². The number of halogens is 1. The molecule has 1 unspecified atom stereocenters. The molecule has 0 spiro atoms. The number of benzene rings is 2. The van der Waals surface area contributed by atoms with Crippen LogP contribution in [0.25, 0.3) is 0 Å². The van der Waals surface area contributed by atoms with Gasteiger partial charge in [-0.05, 0) is 67.3 Å². The molecule has 1 fully saturated rings. The number of anilines is 1. The molecule has 2 aromatic carbocycles. The third-order valence-electron chi connectivity index (χ3n) is 6.18. The Morgan fingerprint density at radius 2 is 1.79 bits per heavy atom. The highest BCUT2D eigenvalue weighted by Gasteiger charge is 2.26. The number of methoxy groups -OCH3 is 1. The Kier molecular flexibility index (Phi) is 9.10. The Hall–Kier alpha value is -3.09. The largest absolute Gasteiger partial charge is 0.497 e. The van der Waals surface area contributed by atoms with Crippen LogP contribution in [0.5, 0.6) is 5.75 Å². The molecule has 1 aliphatic carbocycles. The summed E-state index contributed by atoms with van der Waals surface area (Å²) in [6.07, 6.45) is 6.32. The number of nitrogens with one attached hydrogen (secondary N) is 3. The highest BCUT2D eigenvalue weighted by molar-refractivity contribution is 5.97. The first-order valence-corrected chi connectivity index (χ1v) is 11.7. The number of hydrogen-bond donors (Lipinski definition) is 3. The molecule has 0 radical (unpaired) electrons. The van der Waals surface area contributed by atoms with Gasteiger partial charge in [0.15, 0.2) is 0 Å². The van der Waals surface area contributed by atoms with Crippen molar-refractivity contribution >= 4 is 17.5 Å². The first-order chi connectivity index (χ1) is 16.0. The number of aryl methyl sites for hydroxylation is 1. The van der Waals surface area contributed by atoms with Gasteiger partial charge in [-0.1, -0.05) is 32.1 Å². The molecule has 1 aliphatic rings. The van der Waals surface area contributed by atoms with Gasteiger partial charge in [-0.25, -0.2) is 4.39 Å². The minimum atomic E-state index is -0.619. The lowest BCUT2D eigenvalue weighted by Gasteiger charge is -2.26. The van der Waals surface area contributed by atoms with E-state index in [0.717, 1.165) is 37.1 Å². The van der Waals surface area contributed by atoms with Gasteiger partial charge in [-0.3, -0.25) is 9.59 Å². The van der Waals surface area contributed by atoms with Crippen LogP contribution in [-0.2, 0) is 4.79 Å². The SMILES string of the molecule is COc1ccc(NCCNC(=O)C(CC2CCCCC2)NC(=O)c2ccc(F)c(C)c2)cc1. The second-order valence-corrected chi connectivity index (χ2v) is 8.68. The average Bonchev–Trinajstić information content (AvgIpc) is 2.84. The van der Waals surface area contributed by atoms with Crippen molar-refractivity contribution < 1.29 is 18.7 Å². The van der Waals surface area contributed by atoms with E-state index in [1.54, 1.807) is 14.0 Å². The second-order valence-electron chi connectivity index (χ2n) is 8.68. The average molecular weight is 456 g/mol. The van der Waals surface area contributed by atoms with Gasteiger partial charge in [-0.2, -0.15) is 0 Å². The molecule has 1 saturated carbocycles. The van der Waals surface area contributed by atoms with Gasteiger partial charge in [0.25, 0.3) is 5.91 Å². The molecule has 1 atom stereocenters. The third-order valence-corrected chi connectivity index (χ3v) is 6.18. The number of carbonyl (C=O) groups is 2. The van der Waals surface area contributed by atoms with Crippen LogP contribution in [0, 0.1) is 18.7 Å². The molecular formula is C26H34FN3O3. The van der Waals surface area contributed by atoms with E-state index in [1.165, 1.54) is 24.6 Å². The quantitative estimate of drug-likeness (QED) is 0.463. The molecule has 0 aromatic heterocycles. The molecule has 2 aromatic rings. The summed E-state index contributed by atoms with van der Waals surface area (Å²) >= 11 is 0. The molecule has 0 aliphatic heterocycles. The first kappa shape index (κ1) is 24.6. The zero-order valence-electron chi connectivity index (χ0n) is 19.5. The minimum absolute atomic E-state index is 0.190. The smallest absolute Gasteiger partial charge is 0.251 e. The fourth-order valence-corrected chi connectivity index (χ4v) is 4.24. The Morgan fingerprint density at radius 1 is 1.06 bits per heavy atom. The van der Waals surface area contributed by atoms with Crippen LogP contribution in [-0.4, -0.2) is 38.1 Å². The van der Waals surface area contributed by atoms with Crippen molar-refractivity contribution in [2.75, 3.05) is 25.5 Å². The van der Waals surface area contributed by atoms with Crippen molar-refractivity contribution in [1.82, 2.24) is 10.6 Å². The van der Waals surface area contributed by atoms with Crippen LogP contribution in [0.15, 0.2) is 42.5 Å². The van der Waals surface area contributed by atoms with Gasteiger partial charge in [0.1, 0.15) is 17.6 Å². The van der Waals surface area contributed by atoms with Crippen LogP contribution < -0.4 is 20.7 Å². The molecule has 178 valence electrons. The molecule has 3 N–H and O–H groups in total. The first-order valence-electron chi connectivity index (χ1n) is 11.7. The van der Waals surface area contributed by atoms with E-state index < -0.39 is 6.04 Å². The molecule has 2 amide bonds. The fourth-order valence-electron chi connectivity index (χ4n) is 4.24. The lowest BCUT2D eigenvalue weighted by atomic mass is 9.84. The standard InChI is InChI=1S/C26H34FN3O3/c1-18-16-20(8-13-23(18)27)25(31)30-24(17-19-6-4-3-5-7-19)26(32)29-15-14-28-21-9-11-22(33-2)12-10-21/h8-13,16,19,24,28H,3-7,14-15,17H2,1-2H3,(H,29,32)(H,30,31). The van der Waals surface area contributed by atoms with Crippen molar-refractivity contribution in [3.63, 3.8) is 0 Å². The molecule has 0 saturated heterocycles. The van der Waals surface area contributed by atoms with E-state index in [2.05, 4.69) is 16.0 Å². The van der Waals surface area contributed by atoms with Crippen molar-refractivity contribution in [1.29, 1.82) is 0 Å². The van der Waals surface area contributed by atoms with E-state index in [4.69, 9.17) is 4.74 Å². The Bertz CT molecular complexity index is 927. The van der Waals surface area contributed by atoms with Crippen molar-refractivity contribution in [2.45, 2.75) is 51.5 Å². The summed E-state index contributed by atoms with van der Waals surface area (Å²) in [5.74, 6) is 0.302. The van der Waals surface area contributed by atoms with Crippen LogP contribution >= 0.6 is 0 Å². The normalized spacial score (nSPS) is 14.9. The molecule has 33 heavy (non-hydrogen) atoms. The maximum Gasteiger partial charge on any atom is 0.251 e. The predicted molar refractivity (Wildman–Crippen MR) is 128 cm³/mol. The second kappa shape index (κ2) is 12.2. The van der Waals surface area contributed by atoms with E-state index in [9.17, 15) is 14.0 Å². The van der Waals surface area contributed by atoms with Gasteiger partial charge >= 0.3 is 0 Å². The number of amides is 2. The summed E-state index contributed by atoms with van der Waals surface area (Å²) in [6, 6.07) is 11.2. The van der Waals surface area contributed by atoms with Crippen LogP contribution in [0.1, 0.15) is 54.4 Å². The monoisotopic (exact) mass is 455 g/mol. The Labute approximate surface area is 195 Å².